The van der Waals surface area contributed by atoms with E-state index in [0.717, 1.165) is 10.8 Å². The fourth-order valence-electron chi connectivity index (χ4n) is 0.777. The fraction of sp³-hybridized carbons (Fsp3) is 0.833. The second-order valence-corrected chi connectivity index (χ2v) is 4.21. The minimum atomic E-state index is -0.853. The molecule has 0 spiro atoms. The van der Waals surface area contributed by atoms with E-state index >= 15 is 0 Å². The molecule has 0 fully saturated rings. The molecule has 0 amide bonds. The van der Waals surface area contributed by atoms with E-state index in [4.69, 9.17) is 9.66 Å². The molecule has 5 heteroatoms. The molecule has 0 bridgehead atoms. The minimum absolute atomic E-state index is 0.522. The Balaban J connectivity index is 4.32. The van der Waals surface area contributed by atoms with Gasteiger partial charge in [-0.3, -0.25) is 4.79 Å². The topological polar surface area (TPSA) is 57.5 Å². The molecule has 0 saturated heterocycles. The summed E-state index contributed by atoms with van der Waals surface area (Å²) in [5.41, 5.74) is 0. The summed E-state index contributed by atoms with van der Waals surface area (Å²) >= 11 is 0.522. The van der Waals surface area contributed by atoms with Crippen molar-refractivity contribution in [2.45, 2.75) is 31.4 Å². The van der Waals surface area contributed by atoms with Gasteiger partial charge in [0.05, 0.1) is 11.1 Å². The lowest BCUT2D eigenvalue weighted by Gasteiger charge is -2.23. The van der Waals surface area contributed by atoms with Crippen LogP contribution >= 0.6 is 21.9 Å². The average molecular weight is 196 g/mol. The van der Waals surface area contributed by atoms with Crippen molar-refractivity contribution in [3.8, 4) is 0 Å². The highest BCUT2D eigenvalue weighted by molar-refractivity contribution is 8.75. The molecule has 0 aliphatic rings. The molecule has 0 aliphatic heterocycles. The summed E-state index contributed by atoms with van der Waals surface area (Å²) in [5, 5.41) is 8.81. The van der Waals surface area contributed by atoms with E-state index in [9.17, 15) is 4.79 Å². The first kappa shape index (κ1) is 11.1. The molecule has 0 aliphatic carbocycles. The first-order chi connectivity index (χ1) is 5.13. The van der Waals surface area contributed by atoms with Crippen LogP contribution in [0.1, 0.15) is 26.7 Å². The Labute approximate surface area is 74.2 Å². The molecule has 0 radical (unpaired) electrons. The second-order valence-electron chi connectivity index (χ2n) is 2.16. The Morgan fingerprint density at radius 1 is 1.45 bits per heavy atom. The van der Waals surface area contributed by atoms with Gasteiger partial charge in [-0.05, 0) is 23.6 Å². The third-order valence-corrected chi connectivity index (χ3v) is 4.06. The van der Waals surface area contributed by atoms with Crippen LogP contribution < -0.4 is 0 Å². The highest BCUT2D eigenvalue weighted by Crippen LogP contribution is 2.39. The standard InChI is InChI=1S/C6H12O3S2/c1-3-6(4-2,5(7)8)10-11-9/h9H,3-4H2,1-2H3,(H,7,8). The van der Waals surface area contributed by atoms with Crippen molar-refractivity contribution >= 4 is 27.8 Å². The van der Waals surface area contributed by atoms with Crippen LogP contribution in [0.2, 0.25) is 0 Å². The van der Waals surface area contributed by atoms with Gasteiger partial charge in [-0.1, -0.05) is 13.8 Å². The lowest BCUT2D eigenvalue weighted by atomic mass is 10.0. The summed E-state index contributed by atoms with van der Waals surface area (Å²) in [4.78, 5) is 10.7. The van der Waals surface area contributed by atoms with Crippen LogP contribution in [-0.2, 0) is 4.79 Å². The number of aliphatic carboxylic acids is 1. The SMILES string of the molecule is CCC(CC)(SSO)C(=O)O. The summed E-state index contributed by atoms with van der Waals surface area (Å²) in [6, 6.07) is 0. The first-order valence-electron chi connectivity index (χ1n) is 3.35. The normalized spacial score (nSPS) is 11.5. The molecular weight excluding hydrogens is 184 g/mol. The fourth-order valence-corrected chi connectivity index (χ4v) is 2.58. The van der Waals surface area contributed by atoms with E-state index in [1.54, 1.807) is 13.8 Å². The van der Waals surface area contributed by atoms with Gasteiger partial charge < -0.3 is 9.66 Å². The monoisotopic (exact) mass is 196 g/mol. The lowest BCUT2D eigenvalue weighted by Crippen LogP contribution is -2.32. The second kappa shape index (κ2) is 4.90. The van der Waals surface area contributed by atoms with E-state index in [-0.39, 0.29) is 0 Å². The van der Waals surface area contributed by atoms with Gasteiger partial charge in [0.2, 0.25) is 0 Å². The van der Waals surface area contributed by atoms with Crippen LogP contribution in [0.3, 0.4) is 0 Å². The molecule has 0 heterocycles. The van der Waals surface area contributed by atoms with Crippen LogP contribution in [-0.4, -0.2) is 20.4 Å². The third-order valence-electron chi connectivity index (χ3n) is 1.73. The van der Waals surface area contributed by atoms with Crippen LogP contribution in [0, 0.1) is 0 Å². The molecular formula is C6H12O3S2. The zero-order chi connectivity index (χ0) is 8.91. The zero-order valence-electron chi connectivity index (χ0n) is 6.53. The number of carboxylic acids is 1. The summed E-state index contributed by atoms with van der Waals surface area (Å²) in [6.45, 7) is 3.61. The Morgan fingerprint density at radius 2 is 1.91 bits per heavy atom. The van der Waals surface area contributed by atoms with Gasteiger partial charge in [0.25, 0.3) is 0 Å². The highest BCUT2D eigenvalue weighted by atomic mass is 33.1. The van der Waals surface area contributed by atoms with Gasteiger partial charge in [0, 0.05) is 0 Å². The van der Waals surface area contributed by atoms with E-state index in [1.807, 2.05) is 0 Å². The lowest BCUT2D eigenvalue weighted by molar-refractivity contribution is -0.140. The molecule has 3 nitrogen and oxygen atoms in total. The number of rotatable bonds is 5. The quantitative estimate of drug-likeness (QED) is 0.522. The third kappa shape index (κ3) is 2.57. The molecule has 0 saturated carbocycles. The molecule has 0 unspecified atom stereocenters. The summed E-state index contributed by atoms with van der Waals surface area (Å²) in [7, 11) is 1.00. The van der Waals surface area contributed by atoms with Crippen LogP contribution in [0.4, 0.5) is 0 Å². The molecule has 2 N–H and O–H groups in total. The largest absolute Gasteiger partial charge is 0.480 e. The predicted molar refractivity (Wildman–Crippen MR) is 48.8 cm³/mol. The maximum Gasteiger partial charge on any atom is 0.320 e. The van der Waals surface area contributed by atoms with Gasteiger partial charge in [0.15, 0.2) is 0 Å². The van der Waals surface area contributed by atoms with E-state index < -0.39 is 10.7 Å². The number of hydrogen-bond donors (Lipinski definition) is 2. The number of carboxylic acid groups (broad SMARTS) is 1. The smallest absolute Gasteiger partial charge is 0.320 e. The zero-order valence-corrected chi connectivity index (χ0v) is 8.17. The van der Waals surface area contributed by atoms with Crippen molar-refractivity contribution in [3.63, 3.8) is 0 Å². The van der Waals surface area contributed by atoms with Crippen LogP contribution in [0.5, 0.6) is 0 Å². The maximum atomic E-state index is 10.7. The first-order valence-corrected chi connectivity index (χ1v) is 5.46. The number of carbonyl (C=O) groups is 1. The molecule has 0 aromatic heterocycles. The molecule has 0 aromatic rings. The van der Waals surface area contributed by atoms with E-state index in [1.165, 1.54) is 0 Å². The summed E-state index contributed by atoms with van der Waals surface area (Å²) in [5.74, 6) is -0.853. The van der Waals surface area contributed by atoms with Crippen molar-refractivity contribution in [3.05, 3.63) is 0 Å². The van der Waals surface area contributed by atoms with Gasteiger partial charge in [-0.15, -0.1) is 0 Å². The van der Waals surface area contributed by atoms with Crippen molar-refractivity contribution in [2.24, 2.45) is 0 Å². The predicted octanol–water partition coefficient (Wildman–Crippen LogP) is 2.48. The molecule has 11 heavy (non-hydrogen) atoms. The molecule has 0 rings (SSSR count). The Hall–Kier alpha value is 0.130. The highest BCUT2D eigenvalue weighted by Gasteiger charge is 2.35. The van der Waals surface area contributed by atoms with Gasteiger partial charge in [-0.2, -0.15) is 0 Å². The van der Waals surface area contributed by atoms with Crippen LogP contribution in [0.25, 0.3) is 0 Å². The van der Waals surface area contributed by atoms with Crippen molar-refractivity contribution in [1.29, 1.82) is 0 Å². The molecule has 66 valence electrons. The molecule has 0 aromatic carbocycles. The van der Waals surface area contributed by atoms with Crippen molar-refractivity contribution in [1.82, 2.24) is 0 Å². The van der Waals surface area contributed by atoms with Crippen molar-refractivity contribution < 1.29 is 14.5 Å². The van der Waals surface area contributed by atoms with E-state index in [0.29, 0.717) is 23.9 Å². The Morgan fingerprint density at radius 3 is 2.00 bits per heavy atom. The van der Waals surface area contributed by atoms with Crippen molar-refractivity contribution in [2.75, 3.05) is 0 Å². The van der Waals surface area contributed by atoms with Crippen LogP contribution in [0.15, 0.2) is 0 Å². The van der Waals surface area contributed by atoms with Gasteiger partial charge in [0.1, 0.15) is 4.75 Å². The Bertz CT molecular complexity index is 134. The summed E-state index contributed by atoms with van der Waals surface area (Å²) in [6.07, 6.45) is 1.05. The Kier molecular flexibility index (Phi) is 4.96. The maximum absolute atomic E-state index is 10.7. The minimum Gasteiger partial charge on any atom is -0.480 e. The van der Waals surface area contributed by atoms with E-state index in [2.05, 4.69) is 0 Å². The number of hydrogen-bond acceptors (Lipinski definition) is 4. The average Bonchev–Trinajstić information content (AvgIpc) is 2.00. The van der Waals surface area contributed by atoms with Gasteiger partial charge >= 0.3 is 5.97 Å². The molecule has 0 atom stereocenters. The summed E-state index contributed by atoms with van der Waals surface area (Å²) < 4.78 is 7.71. The van der Waals surface area contributed by atoms with Gasteiger partial charge in [-0.25, -0.2) is 0 Å².